The van der Waals surface area contributed by atoms with Crippen LogP contribution in [0.4, 0.5) is 11.4 Å². The van der Waals surface area contributed by atoms with Crippen molar-refractivity contribution in [2.45, 2.75) is 97.2 Å². The van der Waals surface area contributed by atoms with Gasteiger partial charge in [0.1, 0.15) is 6.04 Å². The van der Waals surface area contributed by atoms with E-state index in [4.69, 9.17) is 9.72 Å². The number of benzene rings is 2. The number of imide groups is 1. The predicted molar refractivity (Wildman–Crippen MR) is 245 cm³/mol. The molecule has 336 valence electrons. The van der Waals surface area contributed by atoms with E-state index in [9.17, 15) is 19.2 Å². The fraction of sp³-hybridized carbons (Fsp3) is 0.490. The van der Waals surface area contributed by atoms with E-state index in [1.807, 2.05) is 26.1 Å². The molecule has 0 radical (unpaired) electrons. The van der Waals surface area contributed by atoms with Crippen LogP contribution in [0.5, 0.6) is 5.88 Å². The number of rotatable bonds is 11. The number of guanidine groups is 1. The van der Waals surface area contributed by atoms with Crippen LogP contribution in [-0.2, 0) is 36.1 Å². The van der Waals surface area contributed by atoms with Gasteiger partial charge in [0.05, 0.1) is 35.4 Å². The molecule has 2 aromatic carbocycles. The minimum absolute atomic E-state index is 0.106. The molecule has 0 saturated carbocycles. The van der Waals surface area contributed by atoms with Gasteiger partial charge in [-0.2, -0.15) is 10.1 Å². The van der Waals surface area contributed by atoms with Crippen molar-refractivity contribution in [1.29, 1.82) is 0 Å². The summed E-state index contributed by atoms with van der Waals surface area (Å²) in [5, 5.41) is 10.3. The van der Waals surface area contributed by atoms with Gasteiger partial charge in [-0.05, 0) is 105 Å². The van der Waals surface area contributed by atoms with E-state index >= 15 is 0 Å². The third kappa shape index (κ3) is 9.46. The molecule has 4 aromatic rings. The van der Waals surface area contributed by atoms with Crippen LogP contribution in [0.2, 0.25) is 0 Å². The maximum atomic E-state index is 13.8. The zero-order chi connectivity index (χ0) is 44.3. The lowest BCUT2D eigenvalue weighted by Gasteiger charge is -2.34. The molecule has 7 heterocycles. The van der Waals surface area contributed by atoms with Crippen LogP contribution in [-0.4, -0.2) is 111 Å². The van der Waals surface area contributed by atoms with Gasteiger partial charge in [0.2, 0.25) is 23.7 Å². The Morgan fingerprint density at radius 2 is 1.69 bits per heavy atom. The number of piperidine rings is 1. The number of aliphatic imine (C=N–C) groups is 1. The molecular formula is C49H60N10O5. The first-order valence-corrected chi connectivity index (χ1v) is 23.2. The van der Waals surface area contributed by atoms with Crippen molar-refractivity contribution in [3.63, 3.8) is 0 Å². The minimum atomic E-state index is -0.581. The van der Waals surface area contributed by atoms with Gasteiger partial charge in [-0.15, -0.1) is 0 Å². The summed E-state index contributed by atoms with van der Waals surface area (Å²) >= 11 is 0. The zero-order valence-electron chi connectivity index (χ0n) is 37.4. The Balaban J connectivity index is 0.741. The zero-order valence-corrected chi connectivity index (χ0v) is 37.4. The molecule has 15 nitrogen and oxygen atoms in total. The first-order valence-electron chi connectivity index (χ1n) is 23.2. The molecule has 1 unspecified atom stereocenters. The van der Waals surface area contributed by atoms with Crippen molar-refractivity contribution in [1.82, 2.24) is 34.8 Å². The quantitative estimate of drug-likeness (QED) is 0.133. The number of pyridine rings is 1. The highest BCUT2D eigenvalue weighted by molar-refractivity contribution is 6.19. The molecule has 15 heteroatoms. The highest BCUT2D eigenvalue weighted by Crippen LogP contribution is 2.36. The number of fused-ring (bicyclic) bond motifs is 8. The van der Waals surface area contributed by atoms with Crippen molar-refractivity contribution in [3.8, 4) is 17.1 Å². The molecule has 2 fully saturated rings. The van der Waals surface area contributed by atoms with Gasteiger partial charge in [0.25, 0.3) is 11.8 Å². The summed E-state index contributed by atoms with van der Waals surface area (Å²) in [5.41, 5.74) is 8.78. The standard InChI is InChI=1S/C49H60N10O5/c1-32-11-10-24-64-48-38(28-50-55(48)3)41-27-36(25-33(2)51-41)45(61)54-49-52-40-16-15-34(26-43(40)59(49)29-32)30-57-22-20-56(21-23-57)19-8-6-4-5-7-12-35-13-9-14-37-39(35)31-58(47(37)63)42-17-18-44(60)53-46(42)62/h9,13-16,25-28,32,42H,4-8,10-12,17-24,29-31H2,1-3H3,(H,52,54,61)(H,53,60,62)/t32-,42?/m1/s1. The Bertz CT molecular complexity index is 2460. The molecule has 5 aliphatic rings. The fourth-order valence-electron chi connectivity index (χ4n) is 9.94. The van der Waals surface area contributed by atoms with E-state index in [1.165, 1.54) is 30.4 Å². The number of nitrogens with zero attached hydrogens (tertiary/aromatic N) is 8. The number of aromatic nitrogens is 3. The second-order valence-electron chi connectivity index (χ2n) is 18.3. The number of piperazine rings is 1. The number of hydrogen-bond acceptors (Lipinski definition) is 11. The lowest BCUT2D eigenvalue weighted by molar-refractivity contribution is -0.136. The number of aryl methyl sites for hydroxylation is 3. The average molecular weight is 869 g/mol. The first-order chi connectivity index (χ1) is 31.1. The SMILES string of the molecule is Cc1cc2cc(n1)-c1cnn(C)c1OCCC[C@@H](C)CN1/C(=N\C2=O)Nc2ccc(CN3CCN(CCCCCCCc4cccc5c4CN(C4CCC(=O)NC4=O)C5=O)CC3)cc21. The number of nitrogens with one attached hydrogen (secondary N) is 2. The lowest BCUT2D eigenvalue weighted by atomic mass is 9.98. The van der Waals surface area contributed by atoms with Crippen molar-refractivity contribution >= 4 is 41.0 Å². The number of unbranched alkanes of at least 4 members (excludes halogenated alkanes) is 4. The number of hydrogen-bond donors (Lipinski definition) is 2. The molecule has 64 heavy (non-hydrogen) atoms. The van der Waals surface area contributed by atoms with E-state index < -0.39 is 6.04 Å². The number of carbonyl (C=O) groups is 4. The number of amides is 4. The topological polar surface area (TPSA) is 158 Å². The summed E-state index contributed by atoms with van der Waals surface area (Å²) in [5.74, 6) is 0.452. The predicted octanol–water partition coefficient (Wildman–Crippen LogP) is 6.10. The van der Waals surface area contributed by atoms with E-state index in [2.05, 4.69) is 66.6 Å². The molecule has 2 N–H and O–H groups in total. The molecule has 2 atom stereocenters. The summed E-state index contributed by atoms with van der Waals surface area (Å²) in [7, 11) is 1.86. The molecule has 9 rings (SSSR count). The van der Waals surface area contributed by atoms with Crippen LogP contribution < -0.4 is 20.3 Å². The molecule has 2 bridgehead atoms. The van der Waals surface area contributed by atoms with Crippen LogP contribution >= 0.6 is 0 Å². The lowest BCUT2D eigenvalue weighted by Crippen LogP contribution is -2.52. The van der Waals surface area contributed by atoms with Gasteiger partial charge in [-0.1, -0.05) is 44.4 Å². The van der Waals surface area contributed by atoms with Crippen LogP contribution in [0.25, 0.3) is 11.3 Å². The van der Waals surface area contributed by atoms with Crippen molar-refractivity contribution in [2.24, 2.45) is 18.0 Å². The summed E-state index contributed by atoms with van der Waals surface area (Å²) < 4.78 is 7.98. The third-order valence-electron chi connectivity index (χ3n) is 13.5. The monoisotopic (exact) mass is 868 g/mol. The largest absolute Gasteiger partial charge is 0.477 e. The second kappa shape index (κ2) is 19.0. The normalized spacial score (nSPS) is 21.5. The highest BCUT2D eigenvalue weighted by atomic mass is 16.5. The molecule has 0 aliphatic carbocycles. The molecule has 0 spiro atoms. The van der Waals surface area contributed by atoms with Crippen molar-refractivity contribution in [3.05, 3.63) is 88.2 Å². The van der Waals surface area contributed by atoms with Crippen LogP contribution in [0.3, 0.4) is 0 Å². The Morgan fingerprint density at radius 1 is 0.875 bits per heavy atom. The van der Waals surface area contributed by atoms with Crippen LogP contribution in [0.1, 0.15) is 108 Å². The Hall–Kier alpha value is -5.93. The van der Waals surface area contributed by atoms with Gasteiger partial charge in [-0.3, -0.25) is 34.4 Å². The number of carbonyl (C=O) groups excluding carboxylic acids is 4. The minimum Gasteiger partial charge on any atom is -0.477 e. The van der Waals surface area contributed by atoms with E-state index in [0.717, 1.165) is 106 Å². The Kier molecular flexibility index (Phi) is 12.9. The molecule has 2 aromatic heterocycles. The van der Waals surface area contributed by atoms with Gasteiger partial charge in [0, 0.05) is 76.1 Å². The van der Waals surface area contributed by atoms with E-state index in [1.54, 1.807) is 27.9 Å². The Morgan fingerprint density at radius 3 is 2.53 bits per heavy atom. The average Bonchev–Trinajstić information content (AvgIpc) is 3.93. The molecule has 5 aliphatic heterocycles. The molecular weight excluding hydrogens is 809 g/mol. The summed E-state index contributed by atoms with van der Waals surface area (Å²) in [4.78, 5) is 69.6. The molecule has 2 saturated heterocycles. The maximum Gasteiger partial charge on any atom is 0.280 e. The fourth-order valence-corrected chi connectivity index (χ4v) is 9.94. The van der Waals surface area contributed by atoms with Gasteiger partial charge >= 0.3 is 0 Å². The van der Waals surface area contributed by atoms with E-state index in [0.29, 0.717) is 54.2 Å². The maximum absolute atomic E-state index is 13.8. The smallest absolute Gasteiger partial charge is 0.280 e. The summed E-state index contributed by atoms with van der Waals surface area (Å²) in [6.45, 7) is 12.0. The number of anilines is 2. The van der Waals surface area contributed by atoms with E-state index in [-0.39, 0.29) is 30.0 Å². The van der Waals surface area contributed by atoms with Crippen LogP contribution in [0, 0.1) is 12.8 Å². The molecule has 4 amide bonds. The second-order valence-corrected chi connectivity index (χ2v) is 18.3. The summed E-state index contributed by atoms with van der Waals surface area (Å²) in [6.07, 6.45) is 10.9. The van der Waals surface area contributed by atoms with Crippen molar-refractivity contribution in [2.75, 3.05) is 56.1 Å². The van der Waals surface area contributed by atoms with Gasteiger partial charge in [0.15, 0.2) is 0 Å². The van der Waals surface area contributed by atoms with Crippen LogP contribution in [0.15, 0.2) is 59.7 Å². The van der Waals surface area contributed by atoms with Gasteiger partial charge < -0.3 is 24.8 Å². The first kappa shape index (κ1) is 43.3. The number of ether oxygens (including phenoxy) is 1. The third-order valence-corrected chi connectivity index (χ3v) is 13.5. The van der Waals surface area contributed by atoms with Crippen molar-refractivity contribution < 1.29 is 23.9 Å². The highest BCUT2D eigenvalue weighted by Gasteiger charge is 2.40. The Labute approximate surface area is 375 Å². The summed E-state index contributed by atoms with van der Waals surface area (Å²) in [6, 6.07) is 15.5. The van der Waals surface area contributed by atoms with Gasteiger partial charge in [-0.25, -0.2) is 4.68 Å².